The van der Waals surface area contributed by atoms with Crippen molar-refractivity contribution in [1.29, 1.82) is 0 Å². The van der Waals surface area contributed by atoms with E-state index in [9.17, 15) is 0 Å². The Hall–Kier alpha value is -1.75. The molecule has 1 saturated heterocycles. The Morgan fingerprint density at radius 3 is 2.70 bits per heavy atom. The van der Waals surface area contributed by atoms with E-state index in [0.29, 0.717) is 0 Å². The zero-order valence-corrected chi connectivity index (χ0v) is 12.2. The second-order valence-electron chi connectivity index (χ2n) is 5.32. The fraction of sp³-hybridized carbons (Fsp3) is 0.533. The second kappa shape index (κ2) is 5.71. The number of ether oxygens (including phenoxy) is 1. The maximum atomic E-state index is 5.45. The third-order valence-corrected chi connectivity index (χ3v) is 3.90. The maximum Gasteiger partial charge on any atom is 0.198 e. The van der Waals surface area contributed by atoms with Crippen LogP contribution in [0.1, 0.15) is 5.56 Å². The molecule has 1 N–H and O–H groups in total. The number of nitrogens with zero attached hydrogens (tertiary/aromatic N) is 3. The van der Waals surface area contributed by atoms with Crippen LogP contribution in [0, 0.1) is 6.92 Å². The molecule has 0 bridgehead atoms. The summed E-state index contributed by atoms with van der Waals surface area (Å²) in [4.78, 5) is 9.07. The molecule has 108 valence electrons. The zero-order valence-electron chi connectivity index (χ0n) is 12.2. The lowest BCUT2D eigenvalue weighted by atomic mass is 10.1. The lowest BCUT2D eigenvalue weighted by Crippen LogP contribution is -2.37. The van der Waals surface area contributed by atoms with Crippen molar-refractivity contribution in [2.75, 3.05) is 56.7 Å². The minimum atomic E-state index is 0.800. The second-order valence-corrected chi connectivity index (χ2v) is 5.32. The predicted molar refractivity (Wildman–Crippen MR) is 82.8 cm³/mol. The molecule has 1 aromatic carbocycles. The average Bonchev–Trinajstić information content (AvgIpc) is 2.87. The fourth-order valence-electron chi connectivity index (χ4n) is 2.66. The number of guanidine groups is 1. The third kappa shape index (κ3) is 2.58. The van der Waals surface area contributed by atoms with Crippen molar-refractivity contribution in [3.05, 3.63) is 23.8 Å². The number of benzene rings is 1. The molecule has 0 atom stereocenters. The molecule has 0 radical (unpaired) electrons. The van der Waals surface area contributed by atoms with E-state index in [1.165, 1.54) is 16.9 Å². The Kier molecular flexibility index (Phi) is 3.78. The summed E-state index contributed by atoms with van der Waals surface area (Å²) in [5.41, 5.74) is 3.66. The van der Waals surface area contributed by atoms with Crippen LogP contribution in [0.2, 0.25) is 0 Å². The zero-order chi connectivity index (χ0) is 13.9. The van der Waals surface area contributed by atoms with Gasteiger partial charge in [0.25, 0.3) is 0 Å². The molecule has 20 heavy (non-hydrogen) atoms. The van der Waals surface area contributed by atoms with E-state index in [1.807, 2.05) is 0 Å². The van der Waals surface area contributed by atoms with Crippen LogP contribution in [-0.4, -0.2) is 57.3 Å². The number of anilines is 2. The molecule has 0 aliphatic carbocycles. The Labute approximate surface area is 120 Å². The van der Waals surface area contributed by atoms with Crippen molar-refractivity contribution in [3.8, 4) is 0 Å². The number of hydrogen-bond acceptors (Lipinski definition) is 5. The van der Waals surface area contributed by atoms with Gasteiger partial charge in [-0.1, -0.05) is 12.1 Å². The monoisotopic (exact) mass is 274 g/mol. The van der Waals surface area contributed by atoms with E-state index < -0.39 is 0 Å². The molecule has 2 heterocycles. The average molecular weight is 274 g/mol. The van der Waals surface area contributed by atoms with Crippen molar-refractivity contribution >= 4 is 17.3 Å². The maximum absolute atomic E-state index is 5.45. The van der Waals surface area contributed by atoms with Crippen LogP contribution in [0.15, 0.2) is 23.2 Å². The highest BCUT2D eigenvalue weighted by Gasteiger charge is 2.19. The Morgan fingerprint density at radius 2 is 2.00 bits per heavy atom. The molecule has 0 unspecified atom stereocenters. The van der Waals surface area contributed by atoms with Gasteiger partial charge < -0.3 is 19.9 Å². The first-order valence-corrected chi connectivity index (χ1v) is 7.20. The number of rotatable bonds is 2. The minimum absolute atomic E-state index is 0.800. The van der Waals surface area contributed by atoms with Crippen molar-refractivity contribution in [3.63, 3.8) is 0 Å². The van der Waals surface area contributed by atoms with Gasteiger partial charge in [-0.15, -0.1) is 0 Å². The molecule has 3 rings (SSSR count). The van der Waals surface area contributed by atoms with E-state index in [0.717, 1.165) is 45.4 Å². The van der Waals surface area contributed by atoms with E-state index in [2.05, 4.69) is 52.3 Å². The molecule has 5 heteroatoms. The first-order valence-electron chi connectivity index (χ1n) is 7.20. The van der Waals surface area contributed by atoms with Crippen molar-refractivity contribution < 1.29 is 4.74 Å². The smallest absolute Gasteiger partial charge is 0.198 e. The van der Waals surface area contributed by atoms with Crippen LogP contribution >= 0.6 is 0 Å². The van der Waals surface area contributed by atoms with Crippen LogP contribution in [0.25, 0.3) is 0 Å². The van der Waals surface area contributed by atoms with E-state index in [1.54, 1.807) is 0 Å². The SMILES string of the molecule is Cc1cccc(N2CCOCC2)c1NC1=NCCN1C. The van der Waals surface area contributed by atoms with Gasteiger partial charge in [0.05, 0.1) is 31.1 Å². The molecule has 1 fully saturated rings. The number of nitrogens with one attached hydrogen (secondary N) is 1. The highest BCUT2D eigenvalue weighted by Crippen LogP contribution is 2.30. The summed E-state index contributed by atoms with van der Waals surface area (Å²) in [5, 5.41) is 3.52. The molecule has 0 amide bonds. The summed E-state index contributed by atoms with van der Waals surface area (Å²) in [6.07, 6.45) is 0. The number of morpholine rings is 1. The third-order valence-electron chi connectivity index (χ3n) is 3.90. The largest absolute Gasteiger partial charge is 0.378 e. The lowest BCUT2D eigenvalue weighted by Gasteiger charge is -2.31. The van der Waals surface area contributed by atoms with Gasteiger partial charge in [-0.3, -0.25) is 4.99 Å². The highest BCUT2D eigenvalue weighted by molar-refractivity contribution is 5.98. The lowest BCUT2D eigenvalue weighted by molar-refractivity contribution is 0.123. The number of aliphatic imine (C=N–C) groups is 1. The molecule has 5 nitrogen and oxygen atoms in total. The summed E-state index contributed by atoms with van der Waals surface area (Å²) in [6.45, 7) is 7.49. The van der Waals surface area contributed by atoms with Gasteiger partial charge in [-0.25, -0.2) is 0 Å². The molecule has 0 saturated carbocycles. The number of likely N-dealkylation sites (N-methyl/N-ethyl adjacent to an activating group) is 1. The summed E-state index contributed by atoms with van der Waals surface area (Å²) < 4.78 is 5.45. The summed E-state index contributed by atoms with van der Waals surface area (Å²) in [6, 6.07) is 6.43. The van der Waals surface area contributed by atoms with Crippen molar-refractivity contribution in [1.82, 2.24) is 4.90 Å². The normalized spacial score (nSPS) is 19.2. The molecule has 0 spiro atoms. The summed E-state index contributed by atoms with van der Waals surface area (Å²) in [7, 11) is 2.07. The number of para-hydroxylation sites is 1. The first kappa shape index (κ1) is 13.2. The Bertz CT molecular complexity index is 509. The molecule has 2 aliphatic rings. The number of aryl methyl sites for hydroxylation is 1. The molecular formula is C15H22N4O. The quantitative estimate of drug-likeness (QED) is 0.888. The van der Waals surface area contributed by atoms with Crippen LogP contribution in [0.4, 0.5) is 11.4 Å². The van der Waals surface area contributed by atoms with Crippen LogP contribution in [0.5, 0.6) is 0 Å². The topological polar surface area (TPSA) is 40.1 Å². The van der Waals surface area contributed by atoms with Crippen LogP contribution in [-0.2, 0) is 4.74 Å². The van der Waals surface area contributed by atoms with E-state index in [-0.39, 0.29) is 0 Å². The van der Waals surface area contributed by atoms with Crippen LogP contribution < -0.4 is 10.2 Å². The van der Waals surface area contributed by atoms with Crippen LogP contribution in [0.3, 0.4) is 0 Å². The first-order chi connectivity index (χ1) is 9.75. The molecule has 1 aromatic rings. The van der Waals surface area contributed by atoms with Gasteiger partial charge in [-0.2, -0.15) is 0 Å². The fourth-order valence-corrected chi connectivity index (χ4v) is 2.66. The Morgan fingerprint density at radius 1 is 1.20 bits per heavy atom. The van der Waals surface area contributed by atoms with Gasteiger partial charge in [0.15, 0.2) is 5.96 Å². The van der Waals surface area contributed by atoms with Gasteiger partial charge in [-0.05, 0) is 18.6 Å². The molecular weight excluding hydrogens is 252 g/mol. The van der Waals surface area contributed by atoms with Gasteiger partial charge in [0.1, 0.15) is 0 Å². The van der Waals surface area contributed by atoms with Crippen molar-refractivity contribution in [2.24, 2.45) is 4.99 Å². The predicted octanol–water partition coefficient (Wildman–Crippen LogP) is 1.54. The standard InChI is InChI=1S/C15H22N4O/c1-12-4-3-5-13(19-8-10-20-11-9-19)14(12)17-15-16-6-7-18(15)2/h3-5H,6-11H2,1-2H3,(H,16,17). The van der Waals surface area contributed by atoms with Gasteiger partial charge in [0, 0.05) is 26.7 Å². The van der Waals surface area contributed by atoms with Crippen molar-refractivity contribution in [2.45, 2.75) is 6.92 Å². The Balaban J connectivity index is 1.88. The van der Waals surface area contributed by atoms with E-state index in [4.69, 9.17) is 4.74 Å². The number of hydrogen-bond donors (Lipinski definition) is 1. The van der Waals surface area contributed by atoms with Gasteiger partial charge >= 0.3 is 0 Å². The molecule has 2 aliphatic heterocycles. The summed E-state index contributed by atoms with van der Waals surface area (Å²) in [5.74, 6) is 0.966. The summed E-state index contributed by atoms with van der Waals surface area (Å²) >= 11 is 0. The van der Waals surface area contributed by atoms with E-state index >= 15 is 0 Å². The molecule has 0 aromatic heterocycles. The highest BCUT2D eigenvalue weighted by atomic mass is 16.5. The van der Waals surface area contributed by atoms with Gasteiger partial charge in [0.2, 0.25) is 0 Å². The minimum Gasteiger partial charge on any atom is -0.378 e.